The molecule has 0 N–H and O–H groups in total. The van der Waals surface area contributed by atoms with E-state index in [9.17, 15) is 9.59 Å². The van der Waals surface area contributed by atoms with Crippen molar-refractivity contribution in [3.63, 3.8) is 0 Å². The molecule has 5 nitrogen and oxygen atoms in total. The summed E-state index contributed by atoms with van der Waals surface area (Å²) in [5.41, 5.74) is -1.46. The van der Waals surface area contributed by atoms with Crippen LogP contribution in [0.15, 0.2) is 0 Å². The molecule has 112 valence electrons. The molecule has 0 aromatic rings. The zero-order valence-electron chi connectivity index (χ0n) is 12.3. The highest BCUT2D eigenvalue weighted by Crippen LogP contribution is 2.33. The molecule has 0 aromatic carbocycles. The minimum Gasteiger partial charge on any atom is -0.468 e. The third kappa shape index (κ3) is 4.04. The number of methoxy groups -OCH3 is 1. The van der Waals surface area contributed by atoms with E-state index in [2.05, 4.69) is 11.3 Å². The Kier molecular flexibility index (Phi) is 5.29. The van der Waals surface area contributed by atoms with Gasteiger partial charge in [-0.05, 0) is 45.2 Å². The van der Waals surface area contributed by atoms with Crippen LogP contribution in [-0.2, 0) is 14.3 Å². The number of likely N-dealkylation sites (tertiary alicyclic amines) is 1. The van der Waals surface area contributed by atoms with Crippen molar-refractivity contribution in [3.8, 4) is 11.3 Å². The molecule has 0 bridgehead atoms. The van der Waals surface area contributed by atoms with Gasteiger partial charge in [0.25, 0.3) is 0 Å². The van der Waals surface area contributed by atoms with E-state index in [0.29, 0.717) is 25.9 Å². The minimum atomic E-state index is -0.922. The van der Waals surface area contributed by atoms with Gasteiger partial charge in [-0.3, -0.25) is 4.79 Å². The largest absolute Gasteiger partial charge is 0.468 e. The van der Waals surface area contributed by atoms with Crippen LogP contribution in [0.4, 0.5) is 4.79 Å². The predicted molar refractivity (Wildman–Crippen MR) is 75.1 cm³/mol. The molecule has 0 radical (unpaired) electrons. The third-order valence-corrected chi connectivity index (χ3v) is 3.23. The highest BCUT2D eigenvalue weighted by atomic mass is 35.5. The number of halogens is 1. The second-order valence-corrected chi connectivity index (χ2v) is 5.95. The van der Waals surface area contributed by atoms with Crippen molar-refractivity contribution in [2.24, 2.45) is 5.41 Å². The maximum atomic E-state index is 11.9. The molecule has 1 aliphatic rings. The summed E-state index contributed by atoms with van der Waals surface area (Å²) in [7, 11) is 1.32. The molecule has 0 aliphatic carbocycles. The maximum absolute atomic E-state index is 11.9. The van der Waals surface area contributed by atoms with Crippen LogP contribution in [0.2, 0.25) is 0 Å². The molecule has 1 heterocycles. The van der Waals surface area contributed by atoms with Gasteiger partial charge in [-0.25, -0.2) is 4.79 Å². The van der Waals surface area contributed by atoms with Crippen molar-refractivity contribution in [3.05, 3.63) is 0 Å². The molecule has 0 atom stereocenters. The standard InChI is InChI=1S/C14H20ClNO4/c1-13(2,3)20-12(18)16-9-6-14(5-8-15,7-10-16)11(17)19-4/h6-7,9-10H2,1-4H3. The number of hydrogen-bond donors (Lipinski definition) is 0. The molecule has 0 aromatic heterocycles. The van der Waals surface area contributed by atoms with E-state index in [0.717, 1.165) is 0 Å². The second-order valence-electron chi connectivity index (χ2n) is 5.76. The Balaban J connectivity index is 2.72. The van der Waals surface area contributed by atoms with E-state index in [1.807, 2.05) is 20.8 Å². The van der Waals surface area contributed by atoms with E-state index in [4.69, 9.17) is 21.1 Å². The van der Waals surface area contributed by atoms with Crippen molar-refractivity contribution in [1.82, 2.24) is 4.90 Å². The zero-order valence-corrected chi connectivity index (χ0v) is 13.0. The molecule has 1 aliphatic heterocycles. The molecule has 1 saturated heterocycles. The minimum absolute atomic E-state index is 0.380. The molecule has 0 unspecified atom stereocenters. The normalized spacial score (nSPS) is 17.8. The summed E-state index contributed by atoms with van der Waals surface area (Å²) in [6.45, 7) is 6.21. The van der Waals surface area contributed by atoms with Gasteiger partial charge in [-0.15, -0.1) is 0 Å². The fourth-order valence-electron chi connectivity index (χ4n) is 2.06. The zero-order chi connectivity index (χ0) is 15.4. The lowest BCUT2D eigenvalue weighted by Crippen LogP contribution is -2.47. The number of nitrogens with zero attached hydrogens (tertiary/aromatic N) is 1. The molecule has 1 amide bonds. The van der Waals surface area contributed by atoms with Crippen molar-refractivity contribution >= 4 is 23.7 Å². The number of esters is 1. The summed E-state index contributed by atoms with van der Waals surface area (Å²) >= 11 is 5.44. The number of amides is 1. The number of rotatable bonds is 1. The lowest BCUT2D eigenvalue weighted by atomic mass is 9.79. The van der Waals surface area contributed by atoms with Crippen molar-refractivity contribution < 1.29 is 19.1 Å². The average Bonchev–Trinajstić information content (AvgIpc) is 2.36. The fraction of sp³-hybridized carbons (Fsp3) is 0.714. The first-order valence-corrected chi connectivity index (χ1v) is 6.81. The Bertz CT molecular complexity index is 436. The molecule has 6 heteroatoms. The van der Waals surface area contributed by atoms with Gasteiger partial charge in [-0.1, -0.05) is 5.92 Å². The Hall–Kier alpha value is -1.41. The molecule has 20 heavy (non-hydrogen) atoms. The third-order valence-electron chi connectivity index (χ3n) is 3.13. The Morgan fingerprint density at radius 1 is 1.25 bits per heavy atom. The van der Waals surface area contributed by atoms with Crippen LogP contribution in [0.3, 0.4) is 0 Å². The molecule has 0 saturated carbocycles. The summed E-state index contributed by atoms with van der Waals surface area (Å²) in [6, 6.07) is 0. The second kappa shape index (κ2) is 6.36. The van der Waals surface area contributed by atoms with Crippen molar-refractivity contribution in [2.75, 3.05) is 20.2 Å². The molecule has 1 rings (SSSR count). The predicted octanol–water partition coefficient (Wildman–Crippen LogP) is 2.38. The lowest BCUT2D eigenvalue weighted by molar-refractivity contribution is -0.151. The average molecular weight is 302 g/mol. The summed E-state index contributed by atoms with van der Waals surface area (Å²) < 4.78 is 10.1. The highest BCUT2D eigenvalue weighted by molar-refractivity contribution is 6.30. The Morgan fingerprint density at radius 3 is 2.20 bits per heavy atom. The smallest absolute Gasteiger partial charge is 0.410 e. The number of ether oxygens (including phenoxy) is 2. The van der Waals surface area contributed by atoms with E-state index in [1.165, 1.54) is 7.11 Å². The van der Waals surface area contributed by atoms with Crippen LogP contribution < -0.4 is 0 Å². The summed E-state index contributed by atoms with van der Waals surface area (Å²) in [5.74, 6) is 2.31. The summed E-state index contributed by atoms with van der Waals surface area (Å²) in [4.78, 5) is 25.4. The Morgan fingerprint density at radius 2 is 1.80 bits per heavy atom. The van der Waals surface area contributed by atoms with Crippen LogP contribution in [0.1, 0.15) is 33.6 Å². The van der Waals surface area contributed by atoms with Crippen molar-refractivity contribution in [2.45, 2.75) is 39.2 Å². The van der Waals surface area contributed by atoms with Crippen LogP contribution >= 0.6 is 11.6 Å². The topological polar surface area (TPSA) is 55.8 Å². The quantitative estimate of drug-likeness (QED) is 0.551. The molecule has 0 spiro atoms. The SMILES string of the molecule is COC(=O)C1(C#CCl)CCN(C(=O)OC(C)(C)C)CC1. The Labute approximate surface area is 124 Å². The number of carbonyl (C=O) groups excluding carboxylic acids is 2. The van der Waals surface area contributed by atoms with Crippen LogP contribution in [-0.4, -0.2) is 42.8 Å². The maximum Gasteiger partial charge on any atom is 0.410 e. The van der Waals surface area contributed by atoms with Gasteiger partial charge in [-0.2, -0.15) is 0 Å². The van der Waals surface area contributed by atoms with Crippen LogP contribution in [0.25, 0.3) is 0 Å². The van der Waals surface area contributed by atoms with E-state index in [-0.39, 0.29) is 6.09 Å². The highest BCUT2D eigenvalue weighted by Gasteiger charge is 2.42. The molecular formula is C14H20ClNO4. The monoisotopic (exact) mass is 301 g/mol. The number of piperidine rings is 1. The van der Waals surface area contributed by atoms with Gasteiger partial charge >= 0.3 is 12.1 Å². The first kappa shape index (κ1) is 16.6. The van der Waals surface area contributed by atoms with Gasteiger partial charge in [0.2, 0.25) is 0 Å². The van der Waals surface area contributed by atoms with Gasteiger partial charge in [0, 0.05) is 18.5 Å². The fourth-order valence-corrected chi connectivity index (χ4v) is 2.24. The van der Waals surface area contributed by atoms with Crippen LogP contribution in [0, 0.1) is 16.7 Å². The van der Waals surface area contributed by atoms with E-state index < -0.39 is 17.0 Å². The first-order valence-electron chi connectivity index (χ1n) is 6.43. The number of carbonyl (C=O) groups is 2. The van der Waals surface area contributed by atoms with Crippen molar-refractivity contribution in [1.29, 1.82) is 0 Å². The molecule has 1 fully saturated rings. The van der Waals surface area contributed by atoms with Gasteiger partial charge in [0.1, 0.15) is 11.0 Å². The van der Waals surface area contributed by atoms with E-state index >= 15 is 0 Å². The summed E-state index contributed by atoms with van der Waals surface area (Å²) in [6.07, 6.45) is 0.395. The van der Waals surface area contributed by atoms with Crippen LogP contribution in [0.5, 0.6) is 0 Å². The van der Waals surface area contributed by atoms with Gasteiger partial charge in [0.05, 0.1) is 7.11 Å². The first-order chi connectivity index (χ1) is 9.24. The summed E-state index contributed by atoms with van der Waals surface area (Å²) in [5, 5.41) is 2.26. The van der Waals surface area contributed by atoms with E-state index in [1.54, 1.807) is 4.90 Å². The number of hydrogen-bond acceptors (Lipinski definition) is 4. The van der Waals surface area contributed by atoms with Gasteiger partial charge in [0.15, 0.2) is 0 Å². The molecular weight excluding hydrogens is 282 g/mol. The van der Waals surface area contributed by atoms with Gasteiger partial charge < -0.3 is 14.4 Å². The lowest BCUT2D eigenvalue weighted by Gasteiger charge is -2.36.